The molecule has 0 aromatic heterocycles. The van der Waals surface area contributed by atoms with Crippen molar-refractivity contribution in [1.29, 1.82) is 0 Å². The zero-order valence-corrected chi connectivity index (χ0v) is 22.4. The van der Waals surface area contributed by atoms with E-state index >= 15 is 0 Å². The van der Waals surface area contributed by atoms with Crippen LogP contribution < -0.4 is 0 Å². The van der Waals surface area contributed by atoms with Gasteiger partial charge in [-0.1, -0.05) is 19.8 Å². The first kappa shape index (κ1) is 27.5. The van der Waals surface area contributed by atoms with E-state index in [1.54, 1.807) is 6.92 Å². The fourth-order valence-electron chi connectivity index (χ4n) is 3.26. The van der Waals surface area contributed by atoms with Crippen LogP contribution in [-0.4, -0.2) is 62.3 Å². The predicted molar refractivity (Wildman–Crippen MR) is 122 cm³/mol. The van der Waals surface area contributed by atoms with Crippen molar-refractivity contribution in [1.82, 2.24) is 0 Å². The summed E-state index contributed by atoms with van der Waals surface area (Å²) in [6.45, 7) is 21.2. The van der Waals surface area contributed by atoms with Gasteiger partial charge in [0.15, 0.2) is 16.6 Å². The molecule has 0 aliphatic rings. The Labute approximate surface area is 171 Å². The largest absolute Gasteiger partial charge is 0.437 e. The Morgan fingerprint density at radius 3 is 1.81 bits per heavy atom. The van der Waals surface area contributed by atoms with Crippen molar-refractivity contribution in [3.8, 4) is 0 Å². The molecule has 0 spiro atoms. The highest BCUT2D eigenvalue weighted by molar-refractivity contribution is 6.87. The van der Waals surface area contributed by atoms with Crippen LogP contribution in [0.1, 0.15) is 40.0 Å². The zero-order valence-electron chi connectivity index (χ0n) is 19.4. The molecule has 2 atom stereocenters. The normalized spacial score (nSPS) is 15.8. The number of hydrogen-bond acceptors (Lipinski definition) is 5. The first-order valence-corrected chi connectivity index (χ1v) is 19.6. The van der Waals surface area contributed by atoms with Gasteiger partial charge >= 0.3 is 8.56 Å². The van der Waals surface area contributed by atoms with E-state index < -0.39 is 31.3 Å². The van der Waals surface area contributed by atoms with Gasteiger partial charge < -0.3 is 22.8 Å². The number of ether oxygens (including phenoxy) is 2. The third-order valence-electron chi connectivity index (χ3n) is 4.22. The molecule has 0 aliphatic carbocycles. The van der Waals surface area contributed by atoms with Crippen LogP contribution in [0.3, 0.4) is 0 Å². The average Bonchev–Trinajstić information content (AvgIpc) is 2.48. The van der Waals surface area contributed by atoms with Crippen LogP contribution in [0.2, 0.25) is 51.4 Å². The monoisotopic (exact) mass is 438 g/mol. The lowest BCUT2D eigenvalue weighted by molar-refractivity contribution is -0.0363. The molecule has 0 rings (SSSR count). The Balaban J connectivity index is 4.17. The lowest BCUT2D eigenvalue weighted by atomic mass is 10.4. The third-order valence-corrected chi connectivity index (χ3v) is 15.7. The number of rotatable bonds is 16. The third kappa shape index (κ3) is 16.0. The topological polar surface area (TPSA) is 57.2 Å². The minimum absolute atomic E-state index is 0.0103. The van der Waals surface area contributed by atoms with Crippen molar-refractivity contribution in [2.45, 2.75) is 104 Å². The predicted octanol–water partition coefficient (Wildman–Crippen LogP) is 5.12. The van der Waals surface area contributed by atoms with E-state index in [0.717, 1.165) is 19.1 Å². The lowest BCUT2D eigenvalue weighted by Crippen LogP contribution is -2.52. The summed E-state index contributed by atoms with van der Waals surface area (Å²) in [5.74, 6) is 0. The van der Waals surface area contributed by atoms with Crippen LogP contribution >= 0.6 is 0 Å². The molecule has 1 N–H and O–H groups in total. The standard InChI is InChI=1S/C19H46O5Si3/c1-10-11-14-25(4,5)23-27(8,9)24-26(6,7)15-12-13-21-17-19(3)22-16-18(2)20/h18-20H,10-17H2,1-9H3. The van der Waals surface area contributed by atoms with Crippen LogP contribution in [0, 0.1) is 0 Å². The Morgan fingerprint density at radius 2 is 1.33 bits per heavy atom. The highest BCUT2D eigenvalue weighted by Crippen LogP contribution is 2.26. The highest BCUT2D eigenvalue weighted by Gasteiger charge is 2.39. The number of hydrogen-bond donors (Lipinski definition) is 1. The van der Waals surface area contributed by atoms with Crippen molar-refractivity contribution in [3.63, 3.8) is 0 Å². The molecule has 0 heterocycles. The molecule has 0 aliphatic heterocycles. The molecule has 27 heavy (non-hydrogen) atoms. The zero-order chi connectivity index (χ0) is 21.1. The maximum atomic E-state index is 9.23. The molecule has 5 nitrogen and oxygen atoms in total. The van der Waals surface area contributed by atoms with Gasteiger partial charge in [0, 0.05) is 6.61 Å². The Kier molecular flexibility index (Phi) is 13.1. The Morgan fingerprint density at radius 1 is 0.815 bits per heavy atom. The second-order valence-electron chi connectivity index (χ2n) is 9.40. The van der Waals surface area contributed by atoms with Gasteiger partial charge in [-0.05, 0) is 71.6 Å². The summed E-state index contributed by atoms with van der Waals surface area (Å²) in [5, 5.41) is 9.23. The molecule has 0 radical (unpaired) electrons. The van der Waals surface area contributed by atoms with Crippen LogP contribution in [0.4, 0.5) is 0 Å². The molecule has 0 saturated carbocycles. The number of aliphatic hydroxyl groups is 1. The van der Waals surface area contributed by atoms with Crippen LogP contribution in [0.15, 0.2) is 0 Å². The SMILES string of the molecule is CCCC[Si](C)(C)O[Si](C)(C)O[Si](C)(C)CCCOCC(C)OCC(C)O. The van der Waals surface area contributed by atoms with Gasteiger partial charge in [-0.3, -0.25) is 0 Å². The number of aliphatic hydroxyl groups excluding tert-OH is 1. The summed E-state index contributed by atoms with van der Waals surface area (Å²) in [6.07, 6.45) is 3.06. The van der Waals surface area contributed by atoms with Gasteiger partial charge in [0.05, 0.1) is 25.4 Å². The van der Waals surface area contributed by atoms with E-state index in [1.165, 1.54) is 18.9 Å². The second-order valence-corrected chi connectivity index (χ2v) is 21.9. The summed E-state index contributed by atoms with van der Waals surface area (Å²) < 4.78 is 24.4. The van der Waals surface area contributed by atoms with E-state index in [-0.39, 0.29) is 6.10 Å². The van der Waals surface area contributed by atoms with Crippen LogP contribution in [0.5, 0.6) is 0 Å². The summed E-state index contributed by atoms with van der Waals surface area (Å²) in [7, 11) is -5.49. The molecular formula is C19H46O5Si3. The fraction of sp³-hybridized carbons (Fsp3) is 1.00. The Bertz CT molecular complexity index is 390. The first-order valence-electron chi connectivity index (χ1n) is 10.6. The van der Waals surface area contributed by atoms with E-state index in [1.807, 2.05) is 6.92 Å². The lowest BCUT2D eigenvalue weighted by Gasteiger charge is -2.38. The van der Waals surface area contributed by atoms with Crippen molar-refractivity contribution in [3.05, 3.63) is 0 Å². The van der Waals surface area contributed by atoms with Crippen LogP contribution in [-0.2, 0) is 17.7 Å². The highest BCUT2D eigenvalue weighted by atomic mass is 28.5. The molecule has 8 heteroatoms. The molecule has 0 fully saturated rings. The summed E-state index contributed by atoms with van der Waals surface area (Å²) >= 11 is 0. The van der Waals surface area contributed by atoms with Crippen LogP contribution in [0.25, 0.3) is 0 Å². The van der Waals surface area contributed by atoms with Crippen molar-refractivity contribution < 1.29 is 22.8 Å². The quantitative estimate of drug-likeness (QED) is 0.267. The number of unbranched alkanes of at least 4 members (excludes halogenated alkanes) is 1. The molecular weight excluding hydrogens is 392 g/mol. The molecule has 0 saturated heterocycles. The molecule has 0 bridgehead atoms. The fourth-order valence-corrected chi connectivity index (χ4v) is 17.5. The van der Waals surface area contributed by atoms with Gasteiger partial charge in [-0.2, -0.15) is 0 Å². The second kappa shape index (κ2) is 12.9. The average molecular weight is 439 g/mol. The van der Waals surface area contributed by atoms with Crippen molar-refractivity contribution >= 4 is 25.2 Å². The summed E-state index contributed by atoms with van der Waals surface area (Å²) in [4.78, 5) is 0. The molecule has 0 amide bonds. The first-order chi connectivity index (χ1) is 12.3. The van der Waals surface area contributed by atoms with Gasteiger partial charge in [0.25, 0.3) is 0 Å². The molecule has 0 aromatic carbocycles. The van der Waals surface area contributed by atoms with E-state index in [4.69, 9.17) is 17.7 Å². The van der Waals surface area contributed by atoms with E-state index in [2.05, 4.69) is 46.2 Å². The molecule has 0 aromatic rings. The van der Waals surface area contributed by atoms with Gasteiger partial charge in [-0.15, -0.1) is 0 Å². The minimum atomic E-state index is -2.09. The van der Waals surface area contributed by atoms with Crippen molar-refractivity contribution in [2.24, 2.45) is 0 Å². The molecule has 164 valence electrons. The van der Waals surface area contributed by atoms with E-state index in [9.17, 15) is 5.11 Å². The van der Waals surface area contributed by atoms with Crippen molar-refractivity contribution in [2.75, 3.05) is 19.8 Å². The maximum absolute atomic E-state index is 9.23. The molecule has 2 unspecified atom stereocenters. The smallest absolute Gasteiger partial charge is 0.311 e. The summed E-state index contributed by atoms with van der Waals surface area (Å²) in [6, 6.07) is 2.29. The summed E-state index contributed by atoms with van der Waals surface area (Å²) in [5.41, 5.74) is 0. The minimum Gasteiger partial charge on any atom is -0.437 e. The Hall–Kier alpha value is 0.451. The van der Waals surface area contributed by atoms with Gasteiger partial charge in [0.2, 0.25) is 0 Å². The van der Waals surface area contributed by atoms with E-state index in [0.29, 0.717) is 13.2 Å². The van der Waals surface area contributed by atoms with Gasteiger partial charge in [0.1, 0.15) is 0 Å². The van der Waals surface area contributed by atoms with Gasteiger partial charge in [-0.25, -0.2) is 0 Å². The maximum Gasteiger partial charge on any atom is 0.311 e.